The van der Waals surface area contributed by atoms with Crippen LogP contribution < -0.4 is 0 Å². The van der Waals surface area contributed by atoms with Gasteiger partial charge in [-0.15, -0.1) is 0 Å². The third-order valence-corrected chi connectivity index (χ3v) is 3.85. The molecule has 0 bridgehead atoms. The average Bonchev–Trinajstić information content (AvgIpc) is 2.81. The quantitative estimate of drug-likeness (QED) is 0.832. The SMILES string of the molecule is CCc1cnc(SCC(=O)O)n1Cc1ccccc1F. The van der Waals surface area contributed by atoms with Gasteiger partial charge in [0.15, 0.2) is 5.16 Å². The molecule has 0 saturated carbocycles. The van der Waals surface area contributed by atoms with Crippen molar-refractivity contribution in [1.29, 1.82) is 0 Å². The average molecular weight is 294 g/mol. The number of halogens is 1. The third kappa shape index (κ3) is 3.39. The summed E-state index contributed by atoms with van der Waals surface area (Å²) in [5.74, 6) is -1.22. The predicted molar refractivity (Wildman–Crippen MR) is 75.5 cm³/mol. The number of benzene rings is 1. The van der Waals surface area contributed by atoms with Crippen molar-refractivity contribution in [2.75, 3.05) is 5.75 Å². The summed E-state index contributed by atoms with van der Waals surface area (Å²) < 4.78 is 15.6. The van der Waals surface area contributed by atoms with Gasteiger partial charge in [-0.2, -0.15) is 0 Å². The van der Waals surface area contributed by atoms with E-state index in [1.807, 2.05) is 11.5 Å². The van der Waals surface area contributed by atoms with Crippen molar-refractivity contribution in [3.05, 3.63) is 47.5 Å². The number of aryl methyl sites for hydroxylation is 1. The van der Waals surface area contributed by atoms with Gasteiger partial charge in [0.2, 0.25) is 0 Å². The minimum absolute atomic E-state index is 0.0581. The van der Waals surface area contributed by atoms with Crippen molar-refractivity contribution in [3.8, 4) is 0 Å². The van der Waals surface area contributed by atoms with Crippen molar-refractivity contribution in [2.45, 2.75) is 25.0 Å². The minimum atomic E-state index is -0.895. The smallest absolute Gasteiger partial charge is 0.313 e. The van der Waals surface area contributed by atoms with Crippen LogP contribution >= 0.6 is 11.8 Å². The Hall–Kier alpha value is -1.82. The zero-order valence-corrected chi connectivity index (χ0v) is 11.9. The first-order valence-corrected chi connectivity index (χ1v) is 7.22. The lowest BCUT2D eigenvalue weighted by Crippen LogP contribution is -2.08. The van der Waals surface area contributed by atoms with Gasteiger partial charge < -0.3 is 9.67 Å². The van der Waals surface area contributed by atoms with Crippen LogP contribution in [-0.4, -0.2) is 26.4 Å². The lowest BCUT2D eigenvalue weighted by atomic mass is 10.2. The van der Waals surface area contributed by atoms with Crippen LogP contribution in [0, 0.1) is 5.82 Å². The van der Waals surface area contributed by atoms with E-state index in [9.17, 15) is 9.18 Å². The Kier molecular flexibility index (Phi) is 4.79. The van der Waals surface area contributed by atoms with Gasteiger partial charge in [-0.3, -0.25) is 4.79 Å². The Morgan fingerprint density at radius 2 is 2.20 bits per heavy atom. The van der Waals surface area contributed by atoms with Crippen LogP contribution in [0.5, 0.6) is 0 Å². The molecule has 0 unspecified atom stereocenters. The molecule has 20 heavy (non-hydrogen) atoms. The van der Waals surface area contributed by atoms with Gasteiger partial charge in [0.05, 0.1) is 12.3 Å². The number of thioether (sulfide) groups is 1. The largest absolute Gasteiger partial charge is 0.481 e. The number of aromatic nitrogens is 2. The minimum Gasteiger partial charge on any atom is -0.481 e. The summed E-state index contributed by atoms with van der Waals surface area (Å²) in [6, 6.07) is 6.57. The molecule has 0 saturated heterocycles. The van der Waals surface area contributed by atoms with Crippen molar-refractivity contribution in [1.82, 2.24) is 9.55 Å². The number of nitrogens with zero attached hydrogens (tertiary/aromatic N) is 2. The second kappa shape index (κ2) is 6.56. The van der Waals surface area contributed by atoms with E-state index >= 15 is 0 Å². The molecule has 0 radical (unpaired) electrons. The number of hydrogen-bond donors (Lipinski definition) is 1. The molecule has 4 nitrogen and oxygen atoms in total. The second-order valence-corrected chi connectivity index (χ2v) is 5.19. The summed E-state index contributed by atoms with van der Waals surface area (Å²) in [6.07, 6.45) is 2.47. The number of rotatable bonds is 6. The highest BCUT2D eigenvalue weighted by molar-refractivity contribution is 7.99. The highest BCUT2D eigenvalue weighted by atomic mass is 32.2. The Balaban J connectivity index is 2.27. The summed E-state index contributed by atoms with van der Waals surface area (Å²) in [5.41, 5.74) is 1.53. The monoisotopic (exact) mass is 294 g/mol. The molecule has 2 rings (SSSR count). The van der Waals surface area contributed by atoms with E-state index in [4.69, 9.17) is 5.11 Å². The molecular weight excluding hydrogens is 279 g/mol. The van der Waals surface area contributed by atoms with Crippen LogP contribution in [0.15, 0.2) is 35.6 Å². The maximum Gasteiger partial charge on any atom is 0.313 e. The summed E-state index contributed by atoms with van der Waals surface area (Å²) >= 11 is 1.15. The molecular formula is C14H15FN2O2S. The van der Waals surface area contributed by atoms with Gasteiger partial charge in [0.1, 0.15) is 5.82 Å². The molecule has 0 fully saturated rings. The maximum atomic E-state index is 13.7. The molecule has 1 aromatic heterocycles. The fraction of sp³-hybridized carbons (Fsp3) is 0.286. The van der Waals surface area contributed by atoms with E-state index < -0.39 is 5.97 Å². The van der Waals surface area contributed by atoms with Crippen molar-refractivity contribution >= 4 is 17.7 Å². The summed E-state index contributed by atoms with van der Waals surface area (Å²) in [5, 5.41) is 9.35. The molecule has 2 aromatic rings. The summed E-state index contributed by atoms with van der Waals surface area (Å²) in [7, 11) is 0. The first kappa shape index (κ1) is 14.6. The van der Waals surface area contributed by atoms with Crippen LogP contribution in [0.2, 0.25) is 0 Å². The Morgan fingerprint density at radius 3 is 2.85 bits per heavy atom. The van der Waals surface area contributed by atoms with Crippen molar-refractivity contribution < 1.29 is 14.3 Å². The summed E-state index contributed by atoms with van der Waals surface area (Å²) in [6.45, 7) is 2.35. The molecule has 0 spiro atoms. The molecule has 6 heteroatoms. The molecule has 1 N–H and O–H groups in total. The van der Waals surface area contributed by atoms with Gasteiger partial charge in [-0.05, 0) is 12.5 Å². The van der Waals surface area contributed by atoms with E-state index in [0.29, 0.717) is 17.3 Å². The number of hydrogen-bond acceptors (Lipinski definition) is 3. The topological polar surface area (TPSA) is 55.1 Å². The van der Waals surface area contributed by atoms with Gasteiger partial charge in [0.25, 0.3) is 0 Å². The Bertz CT molecular complexity index is 613. The van der Waals surface area contributed by atoms with E-state index in [-0.39, 0.29) is 11.6 Å². The van der Waals surface area contributed by atoms with Crippen LogP contribution in [0.3, 0.4) is 0 Å². The third-order valence-electron chi connectivity index (χ3n) is 2.87. The zero-order valence-electron chi connectivity index (χ0n) is 11.0. The van der Waals surface area contributed by atoms with E-state index in [1.165, 1.54) is 6.07 Å². The van der Waals surface area contributed by atoms with Gasteiger partial charge >= 0.3 is 5.97 Å². The molecule has 0 aliphatic carbocycles. The summed E-state index contributed by atoms with van der Waals surface area (Å²) in [4.78, 5) is 14.9. The maximum absolute atomic E-state index is 13.7. The second-order valence-electron chi connectivity index (χ2n) is 4.25. The zero-order chi connectivity index (χ0) is 14.5. The molecule has 106 valence electrons. The Morgan fingerprint density at radius 1 is 1.45 bits per heavy atom. The van der Waals surface area contributed by atoms with Crippen LogP contribution in [0.1, 0.15) is 18.2 Å². The molecule has 0 amide bonds. The highest BCUT2D eigenvalue weighted by Gasteiger charge is 2.13. The number of carbonyl (C=O) groups is 1. The van der Waals surface area contributed by atoms with Crippen LogP contribution in [-0.2, 0) is 17.8 Å². The number of aliphatic carboxylic acids is 1. The fourth-order valence-corrected chi connectivity index (χ4v) is 2.60. The van der Waals surface area contributed by atoms with E-state index in [2.05, 4.69) is 4.98 Å². The Labute approximate surface area is 120 Å². The number of imidazole rings is 1. The molecule has 0 aliphatic heterocycles. The molecule has 0 aliphatic rings. The van der Waals surface area contributed by atoms with Crippen LogP contribution in [0.25, 0.3) is 0 Å². The van der Waals surface area contributed by atoms with E-state index in [0.717, 1.165) is 23.9 Å². The number of carboxylic acid groups (broad SMARTS) is 1. The highest BCUT2D eigenvalue weighted by Crippen LogP contribution is 2.21. The molecule has 1 aromatic carbocycles. The first-order valence-electron chi connectivity index (χ1n) is 6.24. The lowest BCUT2D eigenvalue weighted by Gasteiger charge is -2.11. The van der Waals surface area contributed by atoms with Gasteiger partial charge in [-0.25, -0.2) is 9.37 Å². The first-order chi connectivity index (χ1) is 9.61. The van der Waals surface area contributed by atoms with E-state index in [1.54, 1.807) is 24.4 Å². The van der Waals surface area contributed by atoms with Crippen LogP contribution in [0.4, 0.5) is 4.39 Å². The van der Waals surface area contributed by atoms with Gasteiger partial charge in [-0.1, -0.05) is 36.9 Å². The van der Waals surface area contributed by atoms with Crippen molar-refractivity contribution in [2.24, 2.45) is 0 Å². The molecule has 1 heterocycles. The fourth-order valence-electron chi connectivity index (χ4n) is 1.88. The molecule has 0 atom stereocenters. The van der Waals surface area contributed by atoms with Crippen molar-refractivity contribution in [3.63, 3.8) is 0 Å². The normalized spacial score (nSPS) is 10.7. The predicted octanol–water partition coefficient (Wildman–Crippen LogP) is 2.81. The standard InChI is InChI=1S/C14H15FN2O2S/c1-2-11-7-16-14(20-9-13(18)19)17(11)8-10-5-3-4-6-12(10)15/h3-7H,2,8-9H2,1H3,(H,18,19). The lowest BCUT2D eigenvalue weighted by molar-refractivity contribution is -0.133. The van der Waals surface area contributed by atoms with Gasteiger partial charge in [0, 0.05) is 17.5 Å². The number of carboxylic acids is 1.